The molecule has 1 N–H and O–H groups in total. The van der Waals surface area contributed by atoms with Crippen LogP contribution in [0.4, 0.5) is 4.39 Å². The lowest BCUT2D eigenvalue weighted by Crippen LogP contribution is -1.94. The lowest BCUT2D eigenvalue weighted by molar-refractivity contribution is 0.623. The summed E-state index contributed by atoms with van der Waals surface area (Å²) in [6.45, 7) is 0. The molecule has 1 aromatic carbocycles. The molecule has 3 nitrogen and oxygen atoms in total. The number of benzene rings is 1. The molecule has 2 aromatic rings. The second-order valence-electron chi connectivity index (χ2n) is 4.63. The van der Waals surface area contributed by atoms with Crippen LogP contribution in [0.2, 0.25) is 0 Å². The molecule has 0 aliphatic heterocycles. The van der Waals surface area contributed by atoms with Crippen molar-refractivity contribution in [2.45, 2.75) is 31.6 Å². The summed E-state index contributed by atoms with van der Waals surface area (Å²) in [5.74, 6) is 1.48. The van der Waals surface area contributed by atoms with Crippen molar-refractivity contribution in [2.24, 2.45) is 0 Å². The first-order valence-electron chi connectivity index (χ1n) is 6.12. The van der Waals surface area contributed by atoms with Crippen LogP contribution in [0.1, 0.15) is 37.4 Å². The summed E-state index contributed by atoms with van der Waals surface area (Å²) >= 11 is 3.18. The van der Waals surface area contributed by atoms with Gasteiger partial charge in [0.25, 0.3) is 0 Å². The number of nitrogens with one attached hydrogen (secondary N) is 1. The molecule has 1 saturated carbocycles. The highest BCUT2D eigenvalue weighted by Gasteiger charge is 2.21. The highest BCUT2D eigenvalue weighted by molar-refractivity contribution is 9.10. The molecule has 1 aromatic heterocycles. The second kappa shape index (κ2) is 4.80. The molecule has 18 heavy (non-hydrogen) atoms. The predicted octanol–water partition coefficient (Wildman–Crippen LogP) is 4.03. The first-order chi connectivity index (χ1) is 8.75. The molecule has 0 saturated heterocycles. The van der Waals surface area contributed by atoms with E-state index < -0.39 is 0 Å². The summed E-state index contributed by atoms with van der Waals surface area (Å²) < 4.78 is 14.4. The number of rotatable bonds is 2. The van der Waals surface area contributed by atoms with E-state index in [0.29, 0.717) is 21.8 Å². The summed E-state index contributed by atoms with van der Waals surface area (Å²) in [6, 6.07) is 5.15. The zero-order chi connectivity index (χ0) is 12.5. The van der Waals surface area contributed by atoms with Gasteiger partial charge < -0.3 is 0 Å². The molecule has 0 unspecified atom stereocenters. The average molecular weight is 310 g/mol. The summed E-state index contributed by atoms with van der Waals surface area (Å²) in [4.78, 5) is 4.44. The van der Waals surface area contributed by atoms with Crippen molar-refractivity contribution in [3.05, 3.63) is 34.3 Å². The first-order valence-corrected chi connectivity index (χ1v) is 6.91. The molecule has 94 valence electrons. The van der Waals surface area contributed by atoms with Crippen molar-refractivity contribution in [3.8, 4) is 11.4 Å². The van der Waals surface area contributed by atoms with Gasteiger partial charge in [-0.1, -0.05) is 18.9 Å². The second-order valence-corrected chi connectivity index (χ2v) is 5.48. The summed E-state index contributed by atoms with van der Waals surface area (Å²) in [6.07, 6.45) is 4.78. The van der Waals surface area contributed by atoms with E-state index in [1.54, 1.807) is 18.2 Å². The van der Waals surface area contributed by atoms with Gasteiger partial charge in [0.15, 0.2) is 5.82 Å². The first kappa shape index (κ1) is 11.8. The molecule has 0 radical (unpaired) electrons. The van der Waals surface area contributed by atoms with Gasteiger partial charge in [0, 0.05) is 5.92 Å². The van der Waals surface area contributed by atoms with Crippen molar-refractivity contribution in [3.63, 3.8) is 0 Å². The topological polar surface area (TPSA) is 41.6 Å². The minimum absolute atomic E-state index is 0.311. The molecule has 1 aliphatic rings. The Kier molecular flexibility index (Phi) is 3.16. The van der Waals surface area contributed by atoms with Crippen LogP contribution in [0.5, 0.6) is 0 Å². The third-order valence-electron chi connectivity index (χ3n) is 3.44. The maximum Gasteiger partial charge on any atom is 0.184 e. The quantitative estimate of drug-likeness (QED) is 0.910. The predicted molar refractivity (Wildman–Crippen MR) is 70.7 cm³/mol. The van der Waals surface area contributed by atoms with E-state index >= 15 is 0 Å². The fourth-order valence-electron chi connectivity index (χ4n) is 2.45. The fraction of sp³-hybridized carbons (Fsp3) is 0.385. The van der Waals surface area contributed by atoms with Crippen LogP contribution in [0, 0.1) is 5.82 Å². The van der Waals surface area contributed by atoms with Gasteiger partial charge in [0.2, 0.25) is 0 Å². The minimum atomic E-state index is -0.311. The minimum Gasteiger partial charge on any atom is -0.262 e. The van der Waals surface area contributed by atoms with E-state index in [0.717, 1.165) is 18.7 Å². The maximum atomic E-state index is 13.9. The summed E-state index contributed by atoms with van der Waals surface area (Å²) in [5, 5.41) is 7.09. The van der Waals surface area contributed by atoms with Crippen molar-refractivity contribution in [2.75, 3.05) is 0 Å². The number of aromatic amines is 1. The number of halogens is 2. The third kappa shape index (κ3) is 2.07. The van der Waals surface area contributed by atoms with E-state index in [4.69, 9.17) is 0 Å². The van der Waals surface area contributed by atoms with Crippen LogP contribution < -0.4 is 0 Å². The van der Waals surface area contributed by atoms with Gasteiger partial charge in [0.1, 0.15) is 11.6 Å². The summed E-state index contributed by atoms with van der Waals surface area (Å²) in [7, 11) is 0. The van der Waals surface area contributed by atoms with Crippen LogP contribution in [0.25, 0.3) is 11.4 Å². The van der Waals surface area contributed by atoms with E-state index in [-0.39, 0.29) is 5.82 Å². The van der Waals surface area contributed by atoms with Gasteiger partial charge >= 0.3 is 0 Å². The number of hydrogen-bond donors (Lipinski definition) is 1. The SMILES string of the molecule is Fc1c(Br)cccc1-c1n[nH]c(C2CCCC2)n1. The Morgan fingerprint density at radius 1 is 1.28 bits per heavy atom. The summed E-state index contributed by atoms with van der Waals surface area (Å²) in [5.41, 5.74) is 0.435. The van der Waals surface area contributed by atoms with Crippen LogP contribution in [0.3, 0.4) is 0 Å². The Bertz CT molecular complexity index is 561. The van der Waals surface area contributed by atoms with Gasteiger partial charge in [-0.25, -0.2) is 9.37 Å². The third-order valence-corrected chi connectivity index (χ3v) is 4.05. The maximum absolute atomic E-state index is 13.9. The molecule has 1 aliphatic carbocycles. The number of aromatic nitrogens is 3. The van der Waals surface area contributed by atoms with Crippen LogP contribution in [-0.2, 0) is 0 Å². The fourth-order valence-corrected chi connectivity index (χ4v) is 2.82. The lowest BCUT2D eigenvalue weighted by atomic mass is 10.1. The molecule has 0 spiro atoms. The highest BCUT2D eigenvalue weighted by atomic mass is 79.9. The Balaban J connectivity index is 1.95. The Hall–Kier alpha value is -1.23. The zero-order valence-electron chi connectivity index (χ0n) is 9.79. The molecule has 0 bridgehead atoms. The molecule has 1 fully saturated rings. The van der Waals surface area contributed by atoms with Crippen molar-refractivity contribution in [1.82, 2.24) is 15.2 Å². The van der Waals surface area contributed by atoms with Crippen LogP contribution >= 0.6 is 15.9 Å². The van der Waals surface area contributed by atoms with Crippen LogP contribution in [0.15, 0.2) is 22.7 Å². The Morgan fingerprint density at radius 3 is 2.83 bits per heavy atom. The van der Waals surface area contributed by atoms with Gasteiger partial charge in [-0.05, 0) is 40.9 Å². The standard InChI is InChI=1S/C13H13BrFN3/c14-10-7-3-6-9(11(10)15)13-16-12(17-18-13)8-4-1-2-5-8/h3,6-8H,1-2,4-5H2,(H,16,17,18). The van der Waals surface area contributed by atoms with Crippen molar-refractivity contribution >= 4 is 15.9 Å². The smallest absolute Gasteiger partial charge is 0.184 e. The van der Waals surface area contributed by atoms with E-state index in [1.807, 2.05) is 0 Å². The van der Waals surface area contributed by atoms with Gasteiger partial charge in [-0.2, -0.15) is 5.10 Å². The van der Waals surface area contributed by atoms with Crippen molar-refractivity contribution in [1.29, 1.82) is 0 Å². The van der Waals surface area contributed by atoms with Gasteiger partial charge in [-0.3, -0.25) is 5.10 Å². The van der Waals surface area contributed by atoms with Gasteiger partial charge in [0.05, 0.1) is 10.0 Å². The molecule has 0 amide bonds. The Labute approximate surface area is 113 Å². The molecular weight excluding hydrogens is 297 g/mol. The average Bonchev–Trinajstić information content (AvgIpc) is 3.01. The number of nitrogens with zero attached hydrogens (tertiary/aromatic N) is 2. The molecule has 0 atom stereocenters. The number of H-pyrrole nitrogens is 1. The zero-order valence-corrected chi connectivity index (χ0v) is 11.4. The van der Waals surface area contributed by atoms with E-state index in [9.17, 15) is 4.39 Å². The Morgan fingerprint density at radius 2 is 2.06 bits per heavy atom. The lowest BCUT2D eigenvalue weighted by Gasteiger charge is -2.02. The molecule has 3 rings (SSSR count). The molecule has 5 heteroatoms. The van der Waals surface area contributed by atoms with Crippen molar-refractivity contribution < 1.29 is 4.39 Å². The van der Waals surface area contributed by atoms with E-state index in [1.165, 1.54) is 12.8 Å². The number of hydrogen-bond acceptors (Lipinski definition) is 2. The largest absolute Gasteiger partial charge is 0.262 e. The van der Waals surface area contributed by atoms with Crippen LogP contribution in [-0.4, -0.2) is 15.2 Å². The van der Waals surface area contributed by atoms with E-state index in [2.05, 4.69) is 31.1 Å². The van der Waals surface area contributed by atoms with Gasteiger partial charge in [-0.15, -0.1) is 0 Å². The molecular formula is C13H13BrFN3. The monoisotopic (exact) mass is 309 g/mol. The highest BCUT2D eigenvalue weighted by Crippen LogP contribution is 2.33. The normalized spacial score (nSPS) is 16.3. The molecule has 1 heterocycles.